The molecule has 0 fully saturated rings. The Balaban J connectivity index is 0.000000188. The fourth-order valence-corrected chi connectivity index (χ4v) is 5.19. The molecule has 2 aromatic heterocycles. The number of fused-ring (bicyclic) bond motifs is 2. The molecular weight excluding hydrogens is 870 g/mol. The highest BCUT2D eigenvalue weighted by atomic mass is 35.6. The molecule has 2 heterocycles. The van der Waals surface area contributed by atoms with Gasteiger partial charge in [0.1, 0.15) is 0 Å². The maximum Gasteiger partial charge on any atom is 0.250 e. The van der Waals surface area contributed by atoms with E-state index in [1.165, 1.54) is 0 Å². The Morgan fingerprint density at radius 3 is 0.854 bits per heavy atom. The average Bonchev–Trinajstić information content (AvgIpc) is 3.02. The number of benzene rings is 4. The third-order valence-electron chi connectivity index (χ3n) is 6.30. The topological polar surface area (TPSA) is 77.3 Å². The Morgan fingerprint density at radius 1 is 0.312 bits per heavy atom. The summed E-state index contributed by atoms with van der Waals surface area (Å²) in [4.78, 5) is 24.7. The van der Waals surface area contributed by atoms with E-state index < -0.39 is 15.2 Å². The number of halogens is 12. The van der Waals surface area contributed by atoms with E-state index in [1.54, 1.807) is 0 Å². The molecule has 0 N–H and O–H groups in total. The van der Waals surface area contributed by atoms with Gasteiger partial charge in [0.2, 0.25) is 15.2 Å². The van der Waals surface area contributed by atoms with Crippen molar-refractivity contribution < 1.29 is 0 Å². The van der Waals surface area contributed by atoms with Gasteiger partial charge in [-0.15, -0.1) is 0 Å². The van der Waals surface area contributed by atoms with Crippen LogP contribution in [0, 0.1) is 0 Å². The maximum atomic E-state index is 5.88. The number of aromatic nitrogens is 6. The first kappa shape index (κ1) is 38.1. The van der Waals surface area contributed by atoms with E-state index in [4.69, 9.17) is 139 Å². The normalized spacial score (nSPS) is 12.6. The van der Waals surface area contributed by atoms with Gasteiger partial charge in [0, 0.05) is 11.1 Å². The predicted molar refractivity (Wildman–Crippen MR) is 202 cm³/mol. The summed E-state index contributed by atoms with van der Waals surface area (Å²) in [5.41, 5.74) is 1.37. The smallest absolute Gasteiger partial charge is 0.209 e. The highest BCUT2D eigenvalue weighted by Crippen LogP contribution is 2.42. The molecule has 6 rings (SSSR count). The third kappa shape index (κ3) is 9.61. The van der Waals surface area contributed by atoms with Crippen molar-refractivity contribution in [2.45, 2.75) is 15.2 Å². The van der Waals surface area contributed by atoms with Gasteiger partial charge in [-0.1, -0.05) is 212 Å². The van der Waals surface area contributed by atoms with E-state index >= 15 is 0 Å². The van der Waals surface area contributed by atoms with Gasteiger partial charge in [-0.25, -0.2) is 29.9 Å². The number of rotatable bonds is 2. The Morgan fingerprint density at radius 2 is 0.583 bits per heavy atom. The summed E-state index contributed by atoms with van der Waals surface area (Å²) < 4.78 is -7.50. The van der Waals surface area contributed by atoms with E-state index in [9.17, 15) is 0 Å². The summed E-state index contributed by atoms with van der Waals surface area (Å²) in [6.45, 7) is 0. The summed E-state index contributed by atoms with van der Waals surface area (Å²) in [6, 6.07) is 27.0. The second-order valence-electron chi connectivity index (χ2n) is 9.73. The molecule has 18 heteroatoms. The molecule has 0 bridgehead atoms. The molecule has 0 saturated carbocycles. The van der Waals surface area contributed by atoms with Crippen molar-refractivity contribution in [2.24, 2.45) is 0 Å². The highest BCUT2D eigenvalue weighted by molar-refractivity contribution is 6.68. The van der Waals surface area contributed by atoms with Crippen molar-refractivity contribution >= 4 is 161 Å². The minimum absolute atomic E-state index is 0.119. The monoisotopic (exact) mass is 878 g/mol. The third-order valence-corrected chi connectivity index (χ3v) is 8.33. The lowest BCUT2D eigenvalue weighted by molar-refractivity contribution is 0.851. The zero-order chi connectivity index (χ0) is 35.1. The number of hydrogen-bond acceptors (Lipinski definition) is 6. The number of nitrogens with zero attached hydrogens (tertiary/aromatic N) is 6. The molecule has 0 spiro atoms. The molecule has 0 saturated heterocycles. The van der Waals surface area contributed by atoms with E-state index in [0.29, 0.717) is 11.1 Å². The van der Waals surface area contributed by atoms with Crippen molar-refractivity contribution in [1.82, 2.24) is 29.9 Å². The molecule has 0 aliphatic carbocycles. The molecule has 48 heavy (non-hydrogen) atoms. The van der Waals surface area contributed by atoms with Gasteiger partial charge in [0.15, 0.2) is 34.9 Å². The van der Waals surface area contributed by atoms with Gasteiger partial charge in [-0.3, -0.25) is 0 Å². The van der Waals surface area contributed by atoms with Crippen molar-refractivity contribution in [3.8, 4) is 22.8 Å². The lowest BCUT2D eigenvalue weighted by Crippen LogP contribution is -2.16. The molecule has 0 aliphatic heterocycles. The van der Waals surface area contributed by atoms with Gasteiger partial charge in [-0.2, -0.15) is 0 Å². The van der Waals surface area contributed by atoms with Crippen LogP contribution in [-0.4, -0.2) is 29.9 Å². The van der Waals surface area contributed by atoms with E-state index in [1.807, 2.05) is 84.9 Å². The van der Waals surface area contributed by atoms with Gasteiger partial charge in [0.05, 0.1) is 0 Å². The molecule has 0 unspecified atom stereocenters. The van der Waals surface area contributed by atoms with Gasteiger partial charge in [-0.05, 0) is 33.7 Å². The SMILES string of the molecule is ClC(Cl)(Cl)c1nc(-c2ccc3ccccc3c2)nc(C(Cl)(Cl)Cl)n1.ClC(Cl)(Cl)c1nc(-c2ccc3ccccc3c2)nc(C(Cl)(Cl)Cl)n1. The first-order valence-electron chi connectivity index (χ1n) is 13.1. The van der Waals surface area contributed by atoms with Gasteiger partial charge >= 0.3 is 0 Å². The van der Waals surface area contributed by atoms with Crippen LogP contribution in [0.3, 0.4) is 0 Å². The van der Waals surface area contributed by atoms with Crippen LogP contribution < -0.4 is 0 Å². The second kappa shape index (κ2) is 14.9. The number of hydrogen-bond donors (Lipinski definition) is 0. The fraction of sp³-hybridized carbons (Fsp3) is 0.133. The van der Waals surface area contributed by atoms with Crippen LogP contribution in [0.25, 0.3) is 44.3 Å². The Bertz CT molecular complexity index is 1890. The average molecular weight is 884 g/mol. The predicted octanol–water partition coefficient (Wildman–Crippen LogP) is 12.7. The zero-order valence-corrected chi connectivity index (χ0v) is 32.4. The standard InChI is InChI=1S/2C15H7Cl6N3/c2*16-14(17,18)12-22-11(23-13(24-12)15(19,20)21)10-6-5-8-3-1-2-4-9(8)7-10/h2*1-7H. The van der Waals surface area contributed by atoms with E-state index in [-0.39, 0.29) is 34.9 Å². The lowest BCUT2D eigenvalue weighted by atomic mass is 10.1. The maximum absolute atomic E-state index is 5.88. The molecule has 248 valence electrons. The van der Waals surface area contributed by atoms with Crippen LogP contribution in [0.4, 0.5) is 0 Å². The van der Waals surface area contributed by atoms with Crippen molar-refractivity contribution in [1.29, 1.82) is 0 Å². The van der Waals surface area contributed by atoms with Gasteiger partial charge in [0.25, 0.3) is 0 Å². The van der Waals surface area contributed by atoms with Crippen LogP contribution in [0.1, 0.15) is 23.3 Å². The van der Waals surface area contributed by atoms with E-state index in [0.717, 1.165) is 21.5 Å². The molecule has 4 aromatic carbocycles. The molecule has 6 aromatic rings. The highest BCUT2D eigenvalue weighted by Gasteiger charge is 2.35. The Labute approximate surface area is 333 Å². The molecule has 6 nitrogen and oxygen atoms in total. The minimum atomic E-state index is -1.88. The summed E-state index contributed by atoms with van der Waals surface area (Å²) >= 11 is 70.6. The quantitative estimate of drug-likeness (QED) is 0.161. The lowest BCUT2D eigenvalue weighted by Gasteiger charge is -2.15. The first-order chi connectivity index (χ1) is 22.3. The van der Waals surface area contributed by atoms with Crippen LogP contribution in [0.15, 0.2) is 84.9 Å². The summed E-state index contributed by atoms with van der Waals surface area (Å²) in [7, 11) is 0. The van der Waals surface area contributed by atoms with Crippen molar-refractivity contribution in [3.05, 3.63) is 108 Å². The second-order valence-corrected chi connectivity index (χ2v) is 18.9. The summed E-state index contributed by atoms with van der Waals surface area (Å²) in [6.07, 6.45) is 0. The Kier molecular flexibility index (Phi) is 11.8. The minimum Gasteiger partial charge on any atom is -0.209 e. The zero-order valence-electron chi connectivity index (χ0n) is 23.3. The summed E-state index contributed by atoms with van der Waals surface area (Å²) in [5.74, 6) is 0.0229. The Hall–Kier alpha value is -1.10. The van der Waals surface area contributed by atoms with Crippen LogP contribution in [-0.2, 0) is 15.2 Å². The molecule has 0 aliphatic rings. The van der Waals surface area contributed by atoms with Crippen LogP contribution in [0.5, 0.6) is 0 Å². The van der Waals surface area contributed by atoms with Crippen molar-refractivity contribution in [3.63, 3.8) is 0 Å². The fourth-order valence-electron chi connectivity index (χ4n) is 4.17. The van der Waals surface area contributed by atoms with Crippen LogP contribution >= 0.6 is 139 Å². The summed E-state index contributed by atoms with van der Waals surface area (Å²) in [5, 5.41) is 4.14. The molecular formula is C30H14Cl12N6. The number of alkyl halides is 12. The van der Waals surface area contributed by atoms with Crippen LogP contribution in [0.2, 0.25) is 0 Å². The first-order valence-corrected chi connectivity index (χ1v) is 17.6. The van der Waals surface area contributed by atoms with Gasteiger partial charge < -0.3 is 0 Å². The van der Waals surface area contributed by atoms with E-state index in [2.05, 4.69) is 29.9 Å². The largest absolute Gasteiger partial charge is 0.250 e. The molecule has 0 radical (unpaired) electrons. The molecule has 0 amide bonds. The van der Waals surface area contributed by atoms with Crippen molar-refractivity contribution in [2.75, 3.05) is 0 Å². The molecule has 0 atom stereocenters.